The number of benzene rings is 1. The van der Waals surface area contributed by atoms with Crippen molar-refractivity contribution in [2.75, 3.05) is 6.61 Å². The van der Waals surface area contributed by atoms with Crippen molar-refractivity contribution in [2.45, 2.75) is 71.4 Å². The van der Waals surface area contributed by atoms with Gasteiger partial charge in [0.15, 0.2) is 5.79 Å². The minimum Gasteiger partial charge on any atom is -0.494 e. The normalized spacial score (nSPS) is 24.2. The Bertz CT molecular complexity index is 425. The van der Waals surface area contributed by atoms with E-state index in [0.29, 0.717) is 0 Å². The Hall–Kier alpha value is -1.06. The lowest BCUT2D eigenvalue weighted by molar-refractivity contribution is -0.145. The Morgan fingerprint density at radius 2 is 1.76 bits per heavy atom. The smallest absolute Gasteiger partial charge is 0.164 e. The molecule has 0 bridgehead atoms. The summed E-state index contributed by atoms with van der Waals surface area (Å²) in [4.78, 5) is 0. The van der Waals surface area contributed by atoms with Crippen LogP contribution in [-0.4, -0.2) is 18.5 Å². The van der Waals surface area contributed by atoms with Crippen molar-refractivity contribution in [1.29, 1.82) is 0 Å². The molecule has 0 radical (unpaired) electrons. The van der Waals surface area contributed by atoms with Crippen molar-refractivity contribution in [3.63, 3.8) is 0 Å². The summed E-state index contributed by atoms with van der Waals surface area (Å²) in [5.41, 5.74) is 1.14. The molecular weight excluding hydrogens is 264 g/mol. The molecule has 0 aliphatic carbocycles. The highest BCUT2D eigenvalue weighted by Crippen LogP contribution is 2.38. The fraction of sp³-hybridized carbons (Fsp3) is 0.667. The summed E-state index contributed by atoms with van der Waals surface area (Å²) in [5, 5.41) is 0. The second-order valence-electron chi connectivity index (χ2n) is 6.24. The molecule has 1 saturated heterocycles. The van der Waals surface area contributed by atoms with Crippen molar-refractivity contribution < 1.29 is 14.2 Å². The first-order chi connectivity index (χ1) is 10.0. The first-order valence-corrected chi connectivity index (χ1v) is 8.10. The van der Waals surface area contributed by atoms with Crippen molar-refractivity contribution in [3.05, 3.63) is 29.8 Å². The number of rotatable bonds is 7. The Morgan fingerprint density at radius 1 is 1.05 bits per heavy atom. The van der Waals surface area contributed by atoms with E-state index in [1.165, 1.54) is 19.3 Å². The number of unbranched alkanes of at least 4 members (excludes halogenated alkanes) is 3. The average molecular weight is 292 g/mol. The van der Waals surface area contributed by atoms with Gasteiger partial charge in [0.1, 0.15) is 11.9 Å². The zero-order chi connectivity index (χ0) is 15.3. The maximum Gasteiger partial charge on any atom is 0.164 e. The Labute approximate surface area is 128 Å². The maximum atomic E-state index is 5.95. The lowest BCUT2D eigenvalue weighted by Gasteiger charge is -2.17. The van der Waals surface area contributed by atoms with Gasteiger partial charge >= 0.3 is 0 Å². The molecule has 3 heteroatoms. The van der Waals surface area contributed by atoms with Gasteiger partial charge in [0.05, 0.1) is 12.7 Å². The second-order valence-corrected chi connectivity index (χ2v) is 6.24. The standard InChI is InChI=1S/C18H28O3/c1-5-6-7-8-13-19-16-11-9-15(10-12-16)17-14(2)20-18(3,4)21-17/h9-12,14,17H,5-8,13H2,1-4H3/t14-,17-/m0/s1. The molecule has 1 aliphatic rings. The molecule has 0 unspecified atom stereocenters. The SMILES string of the molecule is CCCCCCOc1ccc([C@H]2OC(C)(C)O[C@H]2C)cc1. The van der Waals surface area contributed by atoms with Crippen LogP contribution in [0.5, 0.6) is 5.75 Å². The zero-order valence-corrected chi connectivity index (χ0v) is 13.7. The summed E-state index contributed by atoms with van der Waals surface area (Å²) >= 11 is 0. The molecule has 0 amide bonds. The zero-order valence-electron chi connectivity index (χ0n) is 13.7. The molecule has 118 valence electrons. The van der Waals surface area contributed by atoms with Gasteiger partial charge in [0, 0.05) is 0 Å². The van der Waals surface area contributed by atoms with Crippen LogP contribution in [0.15, 0.2) is 24.3 Å². The summed E-state index contributed by atoms with van der Waals surface area (Å²) in [6.07, 6.45) is 4.98. The van der Waals surface area contributed by atoms with Crippen LogP contribution in [0.4, 0.5) is 0 Å². The predicted octanol–water partition coefficient (Wildman–Crippen LogP) is 4.86. The lowest BCUT2D eigenvalue weighted by atomic mass is 10.1. The highest BCUT2D eigenvalue weighted by molar-refractivity contribution is 5.29. The topological polar surface area (TPSA) is 27.7 Å². The second kappa shape index (κ2) is 7.28. The maximum absolute atomic E-state index is 5.95. The molecule has 2 rings (SSSR count). The van der Waals surface area contributed by atoms with Crippen LogP contribution >= 0.6 is 0 Å². The third kappa shape index (κ3) is 4.72. The van der Waals surface area contributed by atoms with Crippen LogP contribution in [0.3, 0.4) is 0 Å². The van der Waals surface area contributed by atoms with E-state index in [2.05, 4.69) is 26.0 Å². The van der Waals surface area contributed by atoms with Gasteiger partial charge in [0.2, 0.25) is 0 Å². The van der Waals surface area contributed by atoms with E-state index >= 15 is 0 Å². The summed E-state index contributed by atoms with van der Waals surface area (Å²) < 4.78 is 17.5. The third-order valence-electron chi connectivity index (χ3n) is 3.78. The first kappa shape index (κ1) is 16.3. The molecule has 0 N–H and O–H groups in total. The largest absolute Gasteiger partial charge is 0.494 e. The minimum atomic E-state index is -0.501. The fourth-order valence-corrected chi connectivity index (χ4v) is 2.75. The number of ether oxygens (including phenoxy) is 3. The number of hydrogen-bond acceptors (Lipinski definition) is 3. The molecule has 2 atom stereocenters. The Morgan fingerprint density at radius 3 is 2.33 bits per heavy atom. The van der Waals surface area contributed by atoms with Gasteiger partial charge in [-0.1, -0.05) is 38.3 Å². The predicted molar refractivity (Wildman–Crippen MR) is 84.5 cm³/mol. The molecule has 1 aliphatic heterocycles. The van der Waals surface area contributed by atoms with Crippen LogP contribution in [0.2, 0.25) is 0 Å². The van der Waals surface area contributed by atoms with Crippen LogP contribution in [0, 0.1) is 0 Å². The first-order valence-electron chi connectivity index (χ1n) is 8.10. The van der Waals surface area contributed by atoms with E-state index < -0.39 is 5.79 Å². The Kier molecular flexibility index (Phi) is 5.65. The molecule has 0 saturated carbocycles. The lowest BCUT2D eigenvalue weighted by Crippen LogP contribution is -2.20. The molecule has 1 fully saturated rings. The van der Waals surface area contributed by atoms with Gasteiger partial charge in [-0.3, -0.25) is 0 Å². The fourth-order valence-electron chi connectivity index (χ4n) is 2.75. The van der Waals surface area contributed by atoms with Gasteiger partial charge in [-0.2, -0.15) is 0 Å². The summed E-state index contributed by atoms with van der Waals surface area (Å²) in [7, 11) is 0. The average Bonchev–Trinajstić information content (AvgIpc) is 2.72. The van der Waals surface area contributed by atoms with Gasteiger partial charge in [-0.25, -0.2) is 0 Å². The van der Waals surface area contributed by atoms with Gasteiger partial charge in [-0.15, -0.1) is 0 Å². The van der Waals surface area contributed by atoms with E-state index in [1.54, 1.807) is 0 Å². The summed E-state index contributed by atoms with van der Waals surface area (Å²) in [6, 6.07) is 8.20. The molecule has 21 heavy (non-hydrogen) atoms. The van der Waals surface area contributed by atoms with E-state index in [0.717, 1.165) is 24.3 Å². The molecule has 3 nitrogen and oxygen atoms in total. The molecule has 0 aromatic heterocycles. The summed E-state index contributed by atoms with van der Waals surface area (Å²) in [5.74, 6) is 0.430. The van der Waals surface area contributed by atoms with E-state index in [4.69, 9.17) is 14.2 Å². The third-order valence-corrected chi connectivity index (χ3v) is 3.78. The van der Waals surface area contributed by atoms with Crippen LogP contribution < -0.4 is 4.74 Å². The molecule has 1 aromatic rings. The van der Waals surface area contributed by atoms with Gasteiger partial charge in [-0.05, 0) is 44.9 Å². The van der Waals surface area contributed by atoms with Crippen molar-refractivity contribution in [2.24, 2.45) is 0 Å². The highest BCUT2D eigenvalue weighted by atomic mass is 16.7. The van der Waals surface area contributed by atoms with Crippen LogP contribution in [0.1, 0.15) is 65.0 Å². The van der Waals surface area contributed by atoms with Crippen molar-refractivity contribution in [1.82, 2.24) is 0 Å². The van der Waals surface area contributed by atoms with Crippen molar-refractivity contribution >= 4 is 0 Å². The van der Waals surface area contributed by atoms with E-state index in [9.17, 15) is 0 Å². The van der Waals surface area contributed by atoms with Gasteiger partial charge in [0.25, 0.3) is 0 Å². The highest BCUT2D eigenvalue weighted by Gasteiger charge is 2.39. The van der Waals surface area contributed by atoms with Crippen molar-refractivity contribution in [3.8, 4) is 5.75 Å². The molecule has 1 heterocycles. The quantitative estimate of drug-likeness (QED) is 0.672. The Balaban J connectivity index is 1.85. The van der Waals surface area contributed by atoms with E-state index in [1.807, 2.05) is 26.0 Å². The van der Waals surface area contributed by atoms with Crippen LogP contribution in [0.25, 0.3) is 0 Å². The molecular formula is C18H28O3. The van der Waals surface area contributed by atoms with E-state index in [-0.39, 0.29) is 12.2 Å². The number of hydrogen-bond donors (Lipinski definition) is 0. The van der Waals surface area contributed by atoms with Crippen LogP contribution in [-0.2, 0) is 9.47 Å². The monoisotopic (exact) mass is 292 g/mol. The van der Waals surface area contributed by atoms with Gasteiger partial charge < -0.3 is 14.2 Å². The molecule has 1 aromatic carbocycles. The molecule has 0 spiro atoms. The minimum absolute atomic E-state index is 0.00129. The summed E-state index contributed by atoms with van der Waals surface area (Å²) in [6.45, 7) is 8.98.